The first-order valence-corrected chi connectivity index (χ1v) is 4.87. The van der Waals surface area contributed by atoms with Gasteiger partial charge in [-0.05, 0) is 20.8 Å². The van der Waals surface area contributed by atoms with Crippen LogP contribution >= 0.6 is 11.6 Å². The molecule has 0 N–H and O–H groups in total. The average Bonchev–Trinajstić information content (AvgIpc) is 2.40. The molecule has 0 bridgehead atoms. The maximum atomic E-state index is 12.6. The molecule has 3 nitrogen and oxygen atoms in total. The molecular weight excluding hydrogens is 245 g/mol. The van der Waals surface area contributed by atoms with E-state index in [-0.39, 0.29) is 5.88 Å². The number of halogens is 4. The maximum absolute atomic E-state index is 12.6. The number of nitrogens with zero attached hydrogens (tertiary/aromatic N) is 2. The highest BCUT2D eigenvalue weighted by atomic mass is 35.5. The molecule has 1 heterocycles. The van der Waals surface area contributed by atoms with Gasteiger partial charge < -0.3 is 4.74 Å². The van der Waals surface area contributed by atoms with Gasteiger partial charge in [-0.15, -0.1) is 0 Å². The zero-order chi connectivity index (χ0) is 12.7. The van der Waals surface area contributed by atoms with Crippen LogP contribution in [0.1, 0.15) is 26.5 Å². The van der Waals surface area contributed by atoms with Crippen LogP contribution in [0.2, 0.25) is 5.02 Å². The summed E-state index contributed by atoms with van der Waals surface area (Å²) >= 11 is 5.59. The zero-order valence-electron chi connectivity index (χ0n) is 9.31. The van der Waals surface area contributed by atoms with Crippen LogP contribution in [0.3, 0.4) is 0 Å². The molecule has 0 aromatic carbocycles. The van der Waals surface area contributed by atoms with Crippen molar-refractivity contribution in [1.29, 1.82) is 0 Å². The van der Waals surface area contributed by atoms with E-state index in [4.69, 9.17) is 16.3 Å². The molecule has 0 aliphatic carbocycles. The SMILES string of the molecule is COc1c(Cl)c(C(F)(F)F)nn1C(C)(C)C. The summed E-state index contributed by atoms with van der Waals surface area (Å²) in [5.41, 5.74) is -1.76. The first kappa shape index (κ1) is 13.2. The third kappa shape index (κ3) is 2.26. The van der Waals surface area contributed by atoms with Gasteiger partial charge in [0.05, 0.1) is 12.6 Å². The van der Waals surface area contributed by atoms with Crippen LogP contribution in [0.5, 0.6) is 5.88 Å². The largest absolute Gasteiger partial charge is 0.480 e. The lowest BCUT2D eigenvalue weighted by molar-refractivity contribution is -0.141. The molecule has 0 aliphatic rings. The van der Waals surface area contributed by atoms with E-state index in [2.05, 4.69) is 5.10 Å². The van der Waals surface area contributed by atoms with Crippen LogP contribution in [0.15, 0.2) is 0 Å². The molecular formula is C9H12ClF3N2O. The van der Waals surface area contributed by atoms with E-state index in [0.29, 0.717) is 0 Å². The number of ether oxygens (including phenoxy) is 1. The molecule has 16 heavy (non-hydrogen) atoms. The van der Waals surface area contributed by atoms with E-state index >= 15 is 0 Å². The highest BCUT2D eigenvalue weighted by Gasteiger charge is 2.40. The summed E-state index contributed by atoms with van der Waals surface area (Å²) in [5, 5.41) is 2.95. The van der Waals surface area contributed by atoms with Crippen molar-refractivity contribution < 1.29 is 17.9 Å². The molecule has 0 unspecified atom stereocenters. The van der Waals surface area contributed by atoms with E-state index in [1.807, 2.05) is 0 Å². The minimum atomic E-state index is -4.58. The third-order valence-electron chi connectivity index (χ3n) is 1.89. The number of hydrogen-bond donors (Lipinski definition) is 0. The third-order valence-corrected chi connectivity index (χ3v) is 2.23. The van der Waals surface area contributed by atoms with Crippen LogP contribution in [-0.4, -0.2) is 16.9 Å². The van der Waals surface area contributed by atoms with Crippen LogP contribution < -0.4 is 4.74 Å². The minimum Gasteiger partial charge on any atom is -0.480 e. The number of hydrogen-bond acceptors (Lipinski definition) is 2. The van der Waals surface area contributed by atoms with Gasteiger partial charge in [-0.3, -0.25) is 0 Å². The van der Waals surface area contributed by atoms with Gasteiger partial charge in [0.15, 0.2) is 5.69 Å². The Labute approximate surface area is 96.1 Å². The Morgan fingerprint density at radius 2 is 1.75 bits per heavy atom. The Morgan fingerprint density at radius 3 is 2.00 bits per heavy atom. The molecule has 0 spiro atoms. The Hall–Kier alpha value is -0.910. The van der Waals surface area contributed by atoms with Crippen LogP contribution in [0.4, 0.5) is 13.2 Å². The summed E-state index contributed by atoms with van der Waals surface area (Å²) in [4.78, 5) is 0. The smallest absolute Gasteiger partial charge is 0.436 e. The lowest BCUT2D eigenvalue weighted by Crippen LogP contribution is -2.24. The maximum Gasteiger partial charge on any atom is 0.436 e. The van der Waals surface area contributed by atoms with Crippen molar-refractivity contribution in [2.75, 3.05) is 7.11 Å². The average molecular weight is 257 g/mol. The zero-order valence-corrected chi connectivity index (χ0v) is 10.1. The fourth-order valence-corrected chi connectivity index (χ4v) is 1.50. The molecule has 1 aromatic heterocycles. The highest BCUT2D eigenvalue weighted by Crippen LogP contribution is 2.40. The molecule has 0 atom stereocenters. The topological polar surface area (TPSA) is 27.1 Å². The second-order valence-corrected chi connectivity index (χ2v) is 4.63. The molecule has 0 saturated heterocycles. The monoisotopic (exact) mass is 256 g/mol. The molecule has 92 valence electrons. The Balaban J connectivity index is 3.44. The van der Waals surface area contributed by atoms with Gasteiger partial charge in [0.25, 0.3) is 0 Å². The molecule has 0 fully saturated rings. The lowest BCUT2D eigenvalue weighted by Gasteiger charge is -2.21. The van der Waals surface area contributed by atoms with E-state index in [9.17, 15) is 13.2 Å². The van der Waals surface area contributed by atoms with Gasteiger partial charge in [-0.2, -0.15) is 18.3 Å². The van der Waals surface area contributed by atoms with Gasteiger partial charge in [0, 0.05) is 0 Å². The number of rotatable bonds is 1. The van der Waals surface area contributed by atoms with Crippen molar-refractivity contribution in [3.8, 4) is 5.88 Å². The summed E-state index contributed by atoms with van der Waals surface area (Å²) in [6.45, 7) is 5.12. The number of methoxy groups -OCH3 is 1. The highest BCUT2D eigenvalue weighted by molar-refractivity contribution is 6.32. The van der Waals surface area contributed by atoms with E-state index in [1.165, 1.54) is 7.11 Å². The second-order valence-electron chi connectivity index (χ2n) is 4.25. The fourth-order valence-electron chi connectivity index (χ4n) is 1.20. The summed E-state index contributed by atoms with van der Waals surface area (Å²) in [6.07, 6.45) is -4.58. The van der Waals surface area contributed by atoms with Crippen molar-refractivity contribution in [3.63, 3.8) is 0 Å². The molecule has 0 saturated carbocycles. The molecule has 0 radical (unpaired) electrons. The predicted octanol–water partition coefficient (Wildman–Crippen LogP) is 3.32. The first-order valence-electron chi connectivity index (χ1n) is 4.49. The van der Waals surface area contributed by atoms with E-state index in [1.54, 1.807) is 20.8 Å². The van der Waals surface area contributed by atoms with Crippen molar-refractivity contribution in [3.05, 3.63) is 10.7 Å². The standard InChI is InChI=1S/C9H12ClF3N2O/c1-8(2,3)15-7(16-4)5(10)6(14-15)9(11,12)13/h1-4H3. The summed E-state index contributed by atoms with van der Waals surface area (Å²) < 4.78 is 43.6. The Kier molecular flexibility index (Phi) is 3.15. The van der Waals surface area contributed by atoms with Gasteiger partial charge in [0.2, 0.25) is 5.88 Å². The quantitative estimate of drug-likeness (QED) is 0.771. The van der Waals surface area contributed by atoms with Crippen molar-refractivity contribution in [2.24, 2.45) is 0 Å². The number of aromatic nitrogens is 2. The van der Waals surface area contributed by atoms with E-state index < -0.39 is 22.4 Å². The fraction of sp³-hybridized carbons (Fsp3) is 0.667. The summed E-state index contributed by atoms with van der Waals surface area (Å²) in [7, 11) is 1.26. The van der Waals surface area contributed by atoms with Crippen LogP contribution in [0, 0.1) is 0 Å². The minimum absolute atomic E-state index is 0.0820. The Bertz CT molecular complexity index is 393. The normalized spacial score (nSPS) is 13.0. The van der Waals surface area contributed by atoms with Gasteiger partial charge in [-0.25, -0.2) is 4.68 Å². The van der Waals surface area contributed by atoms with Crippen LogP contribution in [0.25, 0.3) is 0 Å². The van der Waals surface area contributed by atoms with Crippen molar-refractivity contribution in [1.82, 2.24) is 9.78 Å². The summed E-state index contributed by atoms with van der Waals surface area (Å²) in [6, 6.07) is 0. The molecule has 0 aliphatic heterocycles. The second kappa shape index (κ2) is 3.84. The van der Waals surface area contributed by atoms with Crippen molar-refractivity contribution in [2.45, 2.75) is 32.5 Å². The van der Waals surface area contributed by atoms with Gasteiger partial charge in [0.1, 0.15) is 5.02 Å². The molecule has 7 heteroatoms. The first-order chi connectivity index (χ1) is 7.09. The predicted molar refractivity (Wildman–Crippen MR) is 53.8 cm³/mol. The van der Waals surface area contributed by atoms with Gasteiger partial charge in [-0.1, -0.05) is 11.6 Å². The Morgan fingerprint density at radius 1 is 1.25 bits per heavy atom. The molecule has 1 rings (SSSR count). The van der Waals surface area contributed by atoms with E-state index in [0.717, 1.165) is 4.68 Å². The number of alkyl halides is 3. The van der Waals surface area contributed by atoms with Gasteiger partial charge >= 0.3 is 6.18 Å². The lowest BCUT2D eigenvalue weighted by atomic mass is 10.1. The van der Waals surface area contributed by atoms with Crippen LogP contribution in [-0.2, 0) is 11.7 Å². The molecule has 0 amide bonds. The van der Waals surface area contributed by atoms with Crippen molar-refractivity contribution >= 4 is 11.6 Å². The summed E-state index contributed by atoms with van der Waals surface area (Å²) in [5.74, 6) is -0.0820. The molecule has 1 aromatic rings.